The second-order valence-electron chi connectivity index (χ2n) is 7.55. The summed E-state index contributed by atoms with van der Waals surface area (Å²) in [6.45, 7) is 5.45. The molecule has 3 heteroatoms. The summed E-state index contributed by atoms with van der Waals surface area (Å²) in [5.74, 6) is 1.16. The van der Waals surface area contributed by atoms with E-state index in [0.29, 0.717) is 18.0 Å². The van der Waals surface area contributed by atoms with Crippen LogP contribution in [0.2, 0.25) is 0 Å². The molecule has 3 nitrogen and oxygen atoms in total. The Kier molecular flexibility index (Phi) is 5.56. The van der Waals surface area contributed by atoms with E-state index in [4.69, 9.17) is 0 Å². The second-order valence-corrected chi connectivity index (χ2v) is 7.55. The lowest BCUT2D eigenvalue weighted by Crippen LogP contribution is -2.49. The molecule has 0 aromatic heterocycles. The van der Waals surface area contributed by atoms with Gasteiger partial charge in [-0.25, -0.2) is 0 Å². The molecule has 22 heavy (non-hydrogen) atoms. The molecule has 2 aliphatic carbocycles. The summed E-state index contributed by atoms with van der Waals surface area (Å²) in [5.41, 5.74) is 0. The van der Waals surface area contributed by atoms with Crippen molar-refractivity contribution in [3.8, 4) is 0 Å². The predicted octanol–water partition coefficient (Wildman–Crippen LogP) is 3.60. The summed E-state index contributed by atoms with van der Waals surface area (Å²) in [5, 5.41) is 0. The molecule has 0 unspecified atom stereocenters. The van der Waals surface area contributed by atoms with Crippen molar-refractivity contribution in [3.05, 3.63) is 12.2 Å². The van der Waals surface area contributed by atoms with Crippen LogP contribution in [0.25, 0.3) is 0 Å². The van der Waals surface area contributed by atoms with E-state index in [-0.39, 0.29) is 0 Å². The van der Waals surface area contributed by atoms with Gasteiger partial charge in [0.15, 0.2) is 0 Å². The Labute approximate surface area is 135 Å². The van der Waals surface area contributed by atoms with E-state index in [0.717, 1.165) is 5.92 Å². The topological polar surface area (TPSA) is 23.6 Å². The van der Waals surface area contributed by atoms with Gasteiger partial charge in [-0.15, -0.1) is 0 Å². The van der Waals surface area contributed by atoms with Gasteiger partial charge in [-0.2, -0.15) is 0 Å². The van der Waals surface area contributed by atoms with E-state index < -0.39 is 0 Å². The fraction of sp³-hybridized carbons (Fsp3) is 0.842. The molecule has 1 heterocycles. The van der Waals surface area contributed by atoms with Gasteiger partial charge in [0, 0.05) is 32.1 Å². The van der Waals surface area contributed by atoms with E-state index in [9.17, 15) is 4.79 Å². The molecule has 0 radical (unpaired) electrons. The van der Waals surface area contributed by atoms with Crippen LogP contribution in [0.1, 0.15) is 64.7 Å². The monoisotopic (exact) mass is 304 g/mol. The minimum atomic E-state index is 0.306. The normalized spacial score (nSPS) is 30.6. The second kappa shape index (κ2) is 7.63. The summed E-state index contributed by atoms with van der Waals surface area (Å²) in [4.78, 5) is 17.0. The van der Waals surface area contributed by atoms with Crippen molar-refractivity contribution in [2.24, 2.45) is 5.92 Å². The molecule has 1 saturated heterocycles. The summed E-state index contributed by atoms with van der Waals surface area (Å²) < 4.78 is 0. The first-order valence-electron chi connectivity index (χ1n) is 9.40. The van der Waals surface area contributed by atoms with Crippen molar-refractivity contribution in [1.82, 2.24) is 9.80 Å². The van der Waals surface area contributed by atoms with Crippen molar-refractivity contribution >= 4 is 5.91 Å². The summed E-state index contributed by atoms with van der Waals surface area (Å²) in [7, 11) is 0. The molecule has 0 bridgehead atoms. The molecule has 2 fully saturated rings. The predicted molar refractivity (Wildman–Crippen MR) is 90.7 cm³/mol. The molecular formula is C19H32N2O. The molecule has 1 saturated carbocycles. The summed E-state index contributed by atoms with van der Waals surface area (Å²) >= 11 is 0. The van der Waals surface area contributed by atoms with Crippen molar-refractivity contribution < 1.29 is 4.79 Å². The molecule has 3 rings (SSSR count). The Morgan fingerprint density at radius 2 is 1.82 bits per heavy atom. The third-order valence-corrected chi connectivity index (χ3v) is 5.91. The van der Waals surface area contributed by atoms with E-state index >= 15 is 0 Å². The molecule has 0 aromatic carbocycles. The van der Waals surface area contributed by atoms with E-state index in [1.54, 1.807) is 6.92 Å². The molecule has 1 amide bonds. The van der Waals surface area contributed by atoms with Gasteiger partial charge >= 0.3 is 0 Å². The number of carbonyl (C=O) groups excluding carboxylic acids is 1. The lowest BCUT2D eigenvalue weighted by molar-refractivity contribution is -0.136. The molecule has 0 aromatic rings. The van der Waals surface area contributed by atoms with E-state index in [2.05, 4.69) is 22.0 Å². The van der Waals surface area contributed by atoms with E-state index in [1.807, 2.05) is 0 Å². The van der Waals surface area contributed by atoms with Gasteiger partial charge in [0.25, 0.3) is 0 Å². The van der Waals surface area contributed by atoms with Crippen molar-refractivity contribution in [3.63, 3.8) is 0 Å². The maximum atomic E-state index is 12.1. The highest BCUT2D eigenvalue weighted by Gasteiger charge is 2.33. The molecule has 0 N–H and O–H groups in total. The van der Waals surface area contributed by atoms with Gasteiger partial charge in [-0.1, -0.05) is 12.2 Å². The number of rotatable bonds is 4. The summed E-state index contributed by atoms with van der Waals surface area (Å²) in [6, 6.07) is 1.05. The third kappa shape index (κ3) is 3.92. The first kappa shape index (κ1) is 16.0. The number of likely N-dealkylation sites (tertiary alicyclic amines) is 1. The van der Waals surface area contributed by atoms with Crippen LogP contribution in [0.15, 0.2) is 12.2 Å². The number of amides is 1. The van der Waals surface area contributed by atoms with Crippen LogP contribution in [0.4, 0.5) is 0 Å². The lowest BCUT2D eigenvalue weighted by Gasteiger charge is -2.42. The van der Waals surface area contributed by atoms with E-state index in [1.165, 1.54) is 77.4 Å². The number of hydrogen-bond acceptors (Lipinski definition) is 2. The zero-order valence-corrected chi connectivity index (χ0v) is 14.2. The smallest absolute Gasteiger partial charge is 0.219 e. The van der Waals surface area contributed by atoms with Crippen molar-refractivity contribution in [1.29, 1.82) is 0 Å². The number of allylic oxidation sites excluding steroid dienone is 2. The number of carbonyl (C=O) groups is 1. The maximum absolute atomic E-state index is 12.1. The van der Waals surface area contributed by atoms with Crippen LogP contribution in [-0.4, -0.2) is 47.4 Å². The Hall–Kier alpha value is -0.830. The van der Waals surface area contributed by atoms with Crippen LogP contribution < -0.4 is 0 Å². The highest BCUT2D eigenvalue weighted by molar-refractivity contribution is 5.74. The SMILES string of the molecule is CC(=O)N(C1CCC1)[C@H]1CCCN(C[C@H]2CC=CCC2)CC1. The van der Waals surface area contributed by atoms with Gasteiger partial charge in [-0.3, -0.25) is 4.79 Å². The minimum Gasteiger partial charge on any atom is -0.337 e. The van der Waals surface area contributed by atoms with Crippen LogP contribution in [-0.2, 0) is 4.79 Å². The number of hydrogen-bond donors (Lipinski definition) is 0. The molecule has 3 aliphatic rings. The number of nitrogens with zero attached hydrogens (tertiary/aromatic N) is 2. The fourth-order valence-corrected chi connectivity index (χ4v) is 4.46. The molecular weight excluding hydrogens is 272 g/mol. The first-order valence-corrected chi connectivity index (χ1v) is 9.40. The van der Waals surface area contributed by atoms with Crippen molar-refractivity contribution in [2.45, 2.75) is 76.8 Å². The zero-order valence-electron chi connectivity index (χ0n) is 14.2. The molecule has 0 spiro atoms. The fourth-order valence-electron chi connectivity index (χ4n) is 4.46. The van der Waals surface area contributed by atoms with Crippen LogP contribution >= 0.6 is 0 Å². The Bertz CT molecular complexity index is 402. The largest absolute Gasteiger partial charge is 0.337 e. The Balaban J connectivity index is 1.52. The maximum Gasteiger partial charge on any atom is 0.219 e. The van der Waals surface area contributed by atoms with Gasteiger partial charge in [-0.05, 0) is 70.3 Å². The van der Waals surface area contributed by atoms with Gasteiger partial charge in [0.2, 0.25) is 5.91 Å². The molecule has 1 aliphatic heterocycles. The van der Waals surface area contributed by atoms with Gasteiger partial charge < -0.3 is 9.80 Å². The van der Waals surface area contributed by atoms with Crippen LogP contribution in [0.3, 0.4) is 0 Å². The van der Waals surface area contributed by atoms with Crippen LogP contribution in [0, 0.1) is 5.92 Å². The van der Waals surface area contributed by atoms with Gasteiger partial charge in [0.1, 0.15) is 0 Å². The van der Waals surface area contributed by atoms with Crippen LogP contribution in [0.5, 0.6) is 0 Å². The quantitative estimate of drug-likeness (QED) is 0.741. The lowest BCUT2D eigenvalue weighted by atomic mass is 9.89. The first-order chi connectivity index (χ1) is 10.7. The standard InChI is InChI=1S/C19H32N2O/c1-16(22)21(18-9-5-10-18)19-11-6-13-20(14-12-19)15-17-7-3-2-4-8-17/h2-3,17-19H,4-15H2,1H3/t17-,19-/m0/s1. The highest BCUT2D eigenvalue weighted by atomic mass is 16.2. The summed E-state index contributed by atoms with van der Waals surface area (Å²) in [6.07, 6.45) is 16.0. The third-order valence-electron chi connectivity index (χ3n) is 5.91. The highest BCUT2D eigenvalue weighted by Crippen LogP contribution is 2.30. The Morgan fingerprint density at radius 1 is 1.05 bits per heavy atom. The molecule has 124 valence electrons. The average Bonchev–Trinajstić information content (AvgIpc) is 2.69. The Morgan fingerprint density at radius 3 is 2.45 bits per heavy atom. The average molecular weight is 304 g/mol. The van der Waals surface area contributed by atoms with Crippen molar-refractivity contribution in [2.75, 3.05) is 19.6 Å². The minimum absolute atomic E-state index is 0.306. The molecule has 2 atom stereocenters. The van der Waals surface area contributed by atoms with Gasteiger partial charge in [0.05, 0.1) is 0 Å². The zero-order chi connectivity index (χ0) is 15.4.